The van der Waals surface area contributed by atoms with Crippen LogP contribution in [-0.4, -0.2) is 0 Å². The lowest BCUT2D eigenvalue weighted by Gasteiger charge is -2.21. The van der Waals surface area contributed by atoms with Crippen LogP contribution >= 0.6 is 0 Å². The predicted octanol–water partition coefficient (Wildman–Crippen LogP) is 4.08. The number of benzene rings is 2. The van der Waals surface area contributed by atoms with Gasteiger partial charge in [-0.1, -0.05) is 49.4 Å². The fraction of sp³-hybridized carbons (Fsp3) is 0.250. The van der Waals surface area contributed by atoms with E-state index >= 15 is 0 Å². The first-order valence-corrected chi connectivity index (χ1v) is 6.27. The molecule has 0 spiro atoms. The zero-order valence-corrected chi connectivity index (χ0v) is 11.0. The summed E-state index contributed by atoms with van der Waals surface area (Å²) < 4.78 is 27.5. The van der Waals surface area contributed by atoms with Crippen molar-refractivity contribution in [3.05, 3.63) is 70.8 Å². The number of hydrogen-bond donors (Lipinski definition) is 1. The van der Waals surface area contributed by atoms with Crippen LogP contribution in [0.25, 0.3) is 0 Å². The molecule has 0 heterocycles. The second-order valence-corrected chi connectivity index (χ2v) is 4.82. The molecular weight excluding hydrogens is 244 g/mol. The highest BCUT2D eigenvalue weighted by Gasteiger charge is 2.22. The molecule has 0 amide bonds. The van der Waals surface area contributed by atoms with Gasteiger partial charge in [-0.15, -0.1) is 0 Å². The van der Waals surface area contributed by atoms with Gasteiger partial charge in [-0.25, -0.2) is 8.78 Å². The Kier molecular flexibility index (Phi) is 3.96. The number of hydrogen-bond acceptors (Lipinski definition) is 1. The molecule has 2 aromatic rings. The Morgan fingerprint density at radius 2 is 1.58 bits per heavy atom. The Morgan fingerprint density at radius 1 is 0.947 bits per heavy atom. The SMILES string of the molecule is Cc1ccc(C(N)C(C)c2ccccc2)c(F)c1F. The first-order valence-electron chi connectivity index (χ1n) is 6.27. The van der Waals surface area contributed by atoms with Crippen LogP contribution in [0.3, 0.4) is 0 Å². The molecule has 3 heteroatoms. The van der Waals surface area contributed by atoms with Gasteiger partial charge in [0, 0.05) is 17.5 Å². The van der Waals surface area contributed by atoms with Crippen molar-refractivity contribution < 1.29 is 8.78 Å². The predicted molar refractivity (Wildman–Crippen MR) is 72.9 cm³/mol. The van der Waals surface area contributed by atoms with Gasteiger partial charge in [0.05, 0.1) is 0 Å². The molecule has 0 saturated carbocycles. The van der Waals surface area contributed by atoms with E-state index in [0.717, 1.165) is 5.56 Å². The summed E-state index contributed by atoms with van der Waals surface area (Å²) in [6.07, 6.45) is 0. The summed E-state index contributed by atoms with van der Waals surface area (Å²) in [6, 6.07) is 12.2. The van der Waals surface area contributed by atoms with Crippen molar-refractivity contribution in [1.29, 1.82) is 0 Å². The second kappa shape index (κ2) is 5.49. The molecule has 0 aliphatic heterocycles. The first kappa shape index (κ1) is 13.7. The van der Waals surface area contributed by atoms with Crippen LogP contribution in [0.15, 0.2) is 42.5 Å². The van der Waals surface area contributed by atoms with E-state index in [-0.39, 0.29) is 11.5 Å². The highest BCUT2D eigenvalue weighted by Crippen LogP contribution is 2.31. The zero-order valence-electron chi connectivity index (χ0n) is 11.0. The smallest absolute Gasteiger partial charge is 0.163 e. The molecule has 2 unspecified atom stereocenters. The lowest BCUT2D eigenvalue weighted by atomic mass is 9.88. The Bertz CT molecular complexity index is 566. The Morgan fingerprint density at radius 3 is 2.21 bits per heavy atom. The second-order valence-electron chi connectivity index (χ2n) is 4.82. The van der Waals surface area contributed by atoms with Crippen LogP contribution in [0.4, 0.5) is 8.78 Å². The molecule has 1 nitrogen and oxygen atoms in total. The standard InChI is InChI=1S/C16H17F2N/c1-10-8-9-13(15(18)14(10)17)16(19)11(2)12-6-4-3-5-7-12/h3-9,11,16H,19H2,1-2H3. The van der Waals surface area contributed by atoms with E-state index in [2.05, 4.69) is 0 Å². The van der Waals surface area contributed by atoms with Gasteiger partial charge < -0.3 is 5.73 Å². The highest BCUT2D eigenvalue weighted by atomic mass is 19.2. The summed E-state index contributed by atoms with van der Waals surface area (Å²) in [5, 5.41) is 0. The van der Waals surface area contributed by atoms with E-state index in [1.807, 2.05) is 37.3 Å². The third-order valence-corrected chi connectivity index (χ3v) is 3.53. The molecule has 0 bridgehead atoms. The Balaban J connectivity index is 2.35. The highest BCUT2D eigenvalue weighted by molar-refractivity contribution is 5.31. The van der Waals surface area contributed by atoms with E-state index in [1.54, 1.807) is 12.1 Å². The monoisotopic (exact) mass is 261 g/mol. The summed E-state index contributed by atoms with van der Waals surface area (Å²) in [6.45, 7) is 3.45. The van der Waals surface area contributed by atoms with Gasteiger partial charge >= 0.3 is 0 Å². The number of nitrogens with two attached hydrogens (primary N) is 1. The minimum Gasteiger partial charge on any atom is -0.323 e. The van der Waals surface area contributed by atoms with Gasteiger partial charge in [0.2, 0.25) is 0 Å². The lowest BCUT2D eigenvalue weighted by Crippen LogP contribution is -2.19. The molecule has 0 aliphatic carbocycles. The van der Waals surface area contributed by atoms with Crippen molar-refractivity contribution in [2.24, 2.45) is 5.73 Å². The Labute approximate surface area is 112 Å². The molecule has 0 aromatic heterocycles. The van der Waals surface area contributed by atoms with Gasteiger partial charge in [0.15, 0.2) is 11.6 Å². The third-order valence-electron chi connectivity index (χ3n) is 3.53. The van der Waals surface area contributed by atoms with Crippen LogP contribution in [-0.2, 0) is 0 Å². The third kappa shape index (κ3) is 2.66. The summed E-state index contributed by atoms with van der Waals surface area (Å²) in [5.41, 5.74) is 7.61. The summed E-state index contributed by atoms with van der Waals surface area (Å²) >= 11 is 0. The molecule has 0 aliphatic rings. The molecule has 2 atom stereocenters. The molecule has 2 aromatic carbocycles. The van der Waals surface area contributed by atoms with Gasteiger partial charge in [-0.3, -0.25) is 0 Å². The normalized spacial score (nSPS) is 14.2. The zero-order chi connectivity index (χ0) is 14.0. The van der Waals surface area contributed by atoms with Gasteiger partial charge in [0.1, 0.15) is 0 Å². The van der Waals surface area contributed by atoms with E-state index in [9.17, 15) is 8.78 Å². The largest absolute Gasteiger partial charge is 0.323 e. The Hall–Kier alpha value is -1.74. The van der Waals surface area contributed by atoms with Gasteiger partial charge in [-0.2, -0.15) is 0 Å². The molecule has 100 valence electrons. The fourth-order valence-electron chi connectivity index (χ4n) is 2.15. The maximum Gasteiger partial charge on any atom is 0.163 e. The average Bonchev–Trinajstić information content (AvgIpc) is 2.44. The molecule has 0 saturated heterocycles. The van der Waals surface area contributed by atoms with Crippen molar-refractivity contribution >= 4 is 0 Å². The number of aryl methyl sites for hydroxylation is 1. The minimum absolute atomic E-state index is 0.0854. The molecule has 0 radical (unpaired) electrons. The molecule has 2 N–H and O–H groups in total. The molecule has 0 fully saturated rings. The van der Waals surface area contributed by atoms with Crippen LogP contribution in [0.5, 0.6) is 0 Å². The van der Waals surface area contributed by atoms with E-state index in [4.69, 9.17) is 5.73 Å². The maximum absolute atomic E-state index is 13.9. The first-order chi connectivity index (χ1) is 9.02. The minimum atomic E-state index is -0.838. The topological polar surface area (TPSA) is 26.0 Å². The van der Waals surface area contributed by atoms with Gasteiger partial charge in [-0.05, 0) is 18.1 Å². The summed E-state index contributed by atoms with van der Waals surface area (Å²) in [5.74, 6) is -1.73. The van der Waals surface area contributed by atoms with Crippen molar-refractivity contribution in [3.63, 3.8) is 0 Å². The van der Waals surface area contributed by atoms with Crippen LogP contribution in [0.2, 0.25) is 0 Å². The van der Waals surface area contributed by atoms with Crippen molar-refractivity contribution in [2.45, 2.75) is 25.8 Å². The molecule has 2 rings (SSSR count). The van der Waals surface area contributed by atoms with Crippen molar-refractivity contribution in [2.75, 3.05) is 0 Å². The molecular formula is C16H17F2N. The van der Waals surface area contributed by atoms with Crippen LogP contribution in [0.1, 0.15) is 35.6 Å². The summed E-state index contributed by atoms with van der Waals surface area (Å²) in [4.78, 5) is 0. The average molecular weight is 261 g/mol. The quantitative estimate of drug-likeness (QED) is 0.885. The van der Waals surface area contributed by atoms with Gasteiger partial charge in [0.25, 0.3) is 0 Å². The lowest BCUT2D eigenvalue weighted by molar-refractivity contribution is 0.472. The van der Waals surface area contributed by atoms with Crippen LogP contribution < -0.4 is 5.73 Å². The number of halogens is 2. The van der Waals surface area contributed by atoms with Crippen molar-refractivity contribution in [3.8, 4) is 0 Å². The number of rotatable bonds is 3. The maximum atomic E-state index is 13.9. The van der Waals surface area contributed by atoms with E-state index in [0.29, 0.717) is 5.56 Å². The van der Waals surface area contributed by atoms with E-state index < -0.39 is 17.7 Å². The molecule has 19 heavy (non-hydrogen) atoms. The van der Waals surface area contributed by atoms with Crippen molar-refractivity contribution in [1.82, 2.24) is 0 Å². The summed E-state index contributed by atoms with van der Waals surface area (Å²) in [7, 11) is 0. The van der Waals surface area contributed by atoms with E-state index in [1.165, 1.54) is 6.92 Å². The fourth-order valence-corrected chi connectivity index (χ4v) is 2.15. The van der Waals surface area contributed by atoms with Crippen LogP contribution in [0, 0.1) is 18.6 Å².